The van der Waals surface area contributed by atoms with E-state index in [1.54, 1.807) is 12.1 Å². The van der Waals surface area contributed by atoms with E-state index < -0.39 is 0 Å². The van der Waals surface area contributed by atoms with Crippen molar-refractivity contribution in [2.24, 2.45) is 5.92 Å². The molecule has 2 fully saturated rings. The van der Waals surface area contributed by atoms with Gasteiger partial charge in [0.15, 0.2) is 0 Å². The van der Waals surface area contributed by atoms with Crippen molar-refractivity contribution in [1.82, 2.24) is 15.5 Å². The molecule has 3 N–H and O–H groups in total. The molecular weight excluding hydrogens is 371 g/mol. The number of urea groups is 1. The topological polar surface area (TPSA) is 73.5 Å². The predicted molar refractivity (Wildman–Crippen MR) is 106 cm³/mol. The van der Waals surface area contributed by atoms with Crippen LogP contribution in [0, 0.1) is 11.7 Å². The summed E-state index contributed by atoms with van der Waals surface area (Å²) in [6, 6.07) is 5.39. The van der Waals surface area contributed by atoms with Crippen molar-refractivity contribution in [1.29, 1.82) is 0 Å². The molecule has 3 amide bonds. The largest absolute Gasteiger partial charge is 0.341 e. The van der Waals surface area contributed by atoms with Crippen LogP contribution >= 0.6 is 12.4 Å². The molecule has 8 heteroatoms. The molecular formula is C19H28ClFN4O2. The standard InChI is InChI=1S/C19H27FN4O2.ClH/c20-15-6-3-7-16(11-15)23-19(26)22-12-14-5-4-10-24(13-14)18(25)17-8-1-2-9-21-17;/h3,6-7,11,14,17,21H,1-2,4-5,8-10,12-13H2,(H2,22,23,26);1H. The molecule has 2 aliphatic heterocycles. The van der Waals surface area contributed by atoms with E-state index in [9.17, 15) is 14.0 Å². The monoisotopic (exact) mass is 398 g/mol. The van der Waals surface area contributed by atoms with Crippen molar-refractivity contribution in [2.75, 3.05) is 31.5 Å². The van der Waals surface area contributed by atoms with Crippen LogP contribution in [0.25, 0.3) is 0 Å². The average Bonchev–Trinajstić information content (AvgIpc) is 2.67. The van der Waals surface area contributed by atoms with Gasteiger partial charge in [0.05, 0.1) is 6.04 Å². The lowest BCUT2D eigenvalue weighted by Gasteiger charge is -2.36. The van der Waals surface area contributed by atoms with E-state index in [1.807, 2.05) is 4.90 Å². The second-order valence-corrected chi connectivity index (χ2v) is 7.14. The summed E-state index contributed by atoms with van der Waals surface area (Å²) < 4.78 is 13.2. The van der Waals surface area contributed by atoms with Crippen molar-refractivity contribution in [2.45, 2.75) is 38.1 Å². The second-order valence-electron chi connectivity index (χ2n) is 7.14. The van der Waals surface area contributed by atoms with Crippen LogP contribution in [0.4, 0.5) is 14.9 Å². The van der Waals surface area contributed by atoms with Gasteiger partial charge in [0.1, 0.15) is 5.82 Å². The minimum Gasteiger partial charge on any atom is -0.341 e. The highest BCUT2D eigenvalue weighted by atomic mass is 35.5. The maximum atomic E-state index is 13.2. The van der Waals surface area contributed by atoms with Crippen LogP contribution in [-0.4, -0.2) is 49.1 Å². The predicted octanol–water partition coefficient (Wildman–Crippen LogP) is 2.75. The number of amides is 3. The van der Waals surface area contributed by atoms with Crippen LogP contribution in [-0.2, 0) is 4.79 Å². The van der Waals surface area contributed by atoms with Gasteiger partial charge in [0, 0.05) is 25.3 Å². The van der Waals surface area contributed by atoms with Gasteiger partial charge in [-0.3, -0.25) is 4.79 Å². The highest BCUT2D eigenvalue weighted by Gasteiger charge is 2.29. The Bertz CT molecular complexity index is 640. The first kappa shape index (κ1) is 21.4. The molecule has 3 rings (SSSR count). The number of anilines is 1. The first-order valence-corrected chi connectivity index (χ1v) is 9.44. The maximum Gasteiger partial charge on any atom is 0.319 e. The van der Waals surface area contributed by atoms with E-state index in [2.05, 4.69) is 16.0 Å². The number of carbonyl (C=O) groups is 2. The smallest absolute Gasteiger partial charge is 0.319 e. The Balaban J connectivity index is 0.00000261. The van der Waals surface area contributed by atoms with Gasteiger partial charge in [-0.05, 0) is 56.3 Å². The SMILES string of the molecule is Cl.O=C(NCC1CCCN(C(=O)C2CCCCN2)C1)Nc1cccc(F)c1. The summed E-state index contributed by atoms with van der Waals surface area (Å²) in [4.78, 5) is 26.6. The maximum absolute atomic E-state index is 13.2. The Labute approximate surface area is 165 Å². The Morgan fingerprint density at radius 3 is 2.81 bits per heavy atom. The average molecular weight is 399 g/mol. The van der Waals surface area contributed by atoms with Crippen molar-refractivity contribution in [3.05, 3.63) is 30.1 Å². The Morgan fingerprint density at radius 2 is 2.07 bits per heavy atom. The van der Waals surface area contributed by atoms with E-state index in [1.165, 1.54) is 12.1 Å². The number of carbonyl (C=O) groups excluding carboxylic acids is 2. The number of likely N-dealkylation sites (tertiary alicyclic amines) is 1. The van der Waals surface area contributed by atoms with Crippen LogP contribution in [0.1, 0.15) is 32.1 Å². The fraction of sp³-hybridized carbons (Fsp3) is 0.579. The van der Waals surface area contributed by atoms with E-state index in [0.717, 1.165) is 45.2 Å². The van der Waals surface area contributed by atoms with Gasteiger partial charge in [0.25, 0.3) is 0 Å². The van der Waals surface area contributed by atoms with Gasteiger partial charge in [0.2, 0.25) is 5.91 Å². The molecule has 6 nitrogen and oxygen atoms in total. The fourth-order valence-electron chi connectivity index (χ4n) is 3.69. The third-order valence-electron chi connectivity index (χ3n) is 5.07. The molecule has 0 saturated carbocycles. The number of nitrogens with one attached hydrogen (secondary N) is 3. The molecule has 2 atom stereocenters. The van der Waals surface area contributed by atoms with Gasteiger partial charge >= 0.3 is 6.03 Å². The van der Waals surface area contributed by atoms with Gasteiger partial charge in [-0.15, -0.1) is 12.4 Å². The molecule has 27 heavy (non-hydrogen) atoms. The fourth-order valence-corrected chi connectivity index (χ4v) is 3.69. The van der Waals surface area contributed by atoms with E-state index >= 15 is 0 Å². The highest BCUT2D eigenvalue weighted by Crippen LogP contribution is 2.19. The quantitative estimate of drug-likeness (QED) is 0.730. The summed E-state index contributed by atoms with van der Waals surface area (Å²) in [6.45, 7) is 2.89. The molecule has 0 spiro atoms. The van der Waals surface area contributed by atoms with E-state index in [-0.39, 0.29) is 42.1 Å². The molecule has 1 aromatic carbocycles. The molecule has 0 radical (unpaired) electrons. The first-order valence-electron chi connectivity index (χ1n) is 9.44. The van der Waals surface area contributed by atoms with Crippen LogP contribution in [0.15, 0.2) is 24.3 Å². The minimum absolute atomic E-state index is 0. The van der Waals surface area contributed by atoms with Crippen LogP contribution in [0.2, 0.25) is 0 Å². The molecule has 150 valence electrons. The Hall–Kier alpha value is -1.86. The zero-order chi connectivity index (χ0) is 18.4. The van der Waals surface area contributed by atoms with Crippen LogP contribution in [0.3, 0.4) is 0 Å². The number of halogens is 2. The van der Waals surface area contributed by atoms with Crippen molar-refractivity contribution >= 4 is 30.0 Å². The lowest BCUT2D eigenvalue weighted by Crippen LogP contribution is -2.52. The minimum atomic E-state index is -0.388. The number of hydrogen-bond donors (Lipinski definition) is 3. The normalized spacial score (nSPS) is 22.5. The van der Waals surface area contributed by atoms with Crippen LogP contribution < -0.4 is 16.0 Å². The van der Waals surface area contributed by atoms with Gasteiger partial charge in [-0.1, -0.05) is 12.5 Å². The Morgan fingerprint density at radius 1 is 1.22 bits per heavy atom. The lowest BCUT2D eigenvalue weighted by molar-refractivity contribution is -0.135. The van der Waals surface area contributed by atoms with Gasteiger partial charge < -0.3 is 20.9 Å². The molecule has 1 aromatic rings. The summed E-state index contributed by atoms with van der Waals surface area (Å²) >= 11 is 0. The Kier molecular flexibility index (Phi) is 8.31. The molecule has 2 heterocycles. The lowest BCUT2D eigenvalue weighted by atomic mass is 9.96. The number of benzene rings is 1. The molecule has 0 aromatic heterocycles. The molecule has 2 unspecified atom stereocenters. The van der Waals surface area contributed by atoms with E-state index in [0.29, 0.717) is 18.8 Å². The van der Waals surface area contributed by atoms with Crippen LogP contribution in [0.5, 0.6) is 0 Å². The summed E-state index contributed by atoms with van der Waals surface area (Å²) in [7, 11) is 0. The second kappa shape index (κ2) is 10.5. The van der Waals surface area contributed by atoms with Crippen molar-refractivity contribution in [3.63, 3.8) is 0 Å². The van der Waals surface area contributed by atoms with Crippen molar-refractivity contribution < 1.29 is 14.0 Å². The van der Waals surface area contributed by atoms with Gasteiger partial charge in [-0.25, -0.2) is 9.18 Å². The number of rotatable bonds is 4. The summed E-state index contributed by atoms with van der Waals surface area (Å²) in [6.07, 6.45) is 5.09. The van der Waals surface area contributed by atoms with Crippen molar-refractivity contribution in [3.8, 4) is 0 Å². The van der Waals surface area contributed by atoms with Gasteiger partial charge in [-0.2, -0.15) is 0 Å². The number of hydrogen-bond acceptors (Lipinski definition) is 3. The summed E-state index contributed by atoms with van der Waals surface area (Å²) in [5.41, 5.74) is 0.423. The number of piperidine rings is 2. The third kappa shape index (κ3) is 6.36. The first-order chi connectivity index (χ1) is 12.6. The molecule has 2 saturated heterocycles. The molecule has 2 aliphatic rings. The zero-order valence-electron chi connectivity index (χ0n) is 15.4. The summed E-state index contributed by atoms with van der Waals surface area (Å²) in [5, 5.41) is 8.77. The molecule has 0 aliphatic carbocycles. The van der Waals surface area contributed by atoms with E-state index in [4.69, 9.17) is 0 Å². The third-order valence-corrected chi connectivity index (χ3v) is 5.07. The zero-order valence-corrected chi connectivity index (χ0v) is 16.2. The highest BCUT2D eigenvalue weighted by molar-refractivity contribution is 5.89. The molecule has 0 bridgehead atoms. The number of nitrogens with zero attached hydrogens (tertiary/aromatic N) is 1. The summed E-state index contributed by atoms with van der Waals surface area (Å²) in [5.74, 6) is 0.0497.